The molecule has 1 aromatic carbocycles. The molecule has 0 aliphatic rings. The molecule has 10 heavy (non-hydrogen) atoms. The van der Waals surface area contributed by atoms with E-state index in [1.807, 2.05) is 22.6 Å². The highest BCUT2D eigenvalue weighted by molar-refractivity contribution is 14.1. The third-order valence-electron chi connectivity index (χ3n) is 0.953. The van der Waals surface area contributed by atoms with Crippen molar-refractivity contribution in [3.8, 4) is 0 Å². The van der Waals surface area contributed by atoms with E-state index in [-0.39, 0.29) is 5.69 Å². The van der Waals surface area contributed by atoms with Gasteiger partial charge in [-0.15, -0.1) is 4.91 Å². The summed E-state index contributed by atoms with van der Waals surface area (Å²) in [7, 11) is 0. The molecule has 0 fully saturated rings. The van der Waals surface area contributed by atoms with Gasteiger partial charge in [-0.3, -0.25) is 0 Å². The average molecular weight is 251 g/mol. The summed E-state index contributed by atoms with van der Waals surface area (Å²) in [5.74, 6) is -0.429. The topological polar surface area (TPSA) is 29.4 Å². The number of benzene rings is 1. The normalized spacial score (nSPS) is 9.40. The van der Waals surface area contributed by atoms with E-state index >= 15 is 0 Å². The van der Waals surface area contributed by atoms with Crippen LogP contribution in [0.2, 0.25) is 0 Å². The van der Waals surface area contributed by atoms with Crippen LogP contribution in [0.5, 0.6) is 0 Å². The third-order valence-corrected chi connectivity index (χ3v) is 1.58. The number of nitroso groups, excluding NO2 is 1. The second-order valence-corrected chi connectivity index (χ2v) is 2.96. The van der Waals surface area contributed by atoms with Crippen LogP contribution in [0.4, 0.5) is 10.1 Å². The van der Waals surface area contributed by atoms with Gasteiger partial charge in [0.1, 0.15) is 11.5 Å². The molecule has 0 aromatic heterocycles. The Morgan fingerprint density at radius 2 is 2.10 bits per heavy atom. The molecule has 0 saturated carbocycles. The Morgan fingerprint density at radius 3 is 2.60 bits per heavy atom. The average Bonchev–Trinajstić information content (AvgIpc) is 1.85. The largest absolute Gasteiger partial charge is 0.207 e. The van der Waals surface area contributed by atoms with Crippen molar-refractivity contribution in [1.29, 1.82) is 0 Å². The standard InChI is InChI=1S/C6H3FINO/c7-4-1-5(8)3-6(2-4)9-10/h1-3H. The second kappa shape index (κ2) is 3.05. The van der Waals surface area contributed by atoms with Gasteiger partial charge >= 0.3 is 0 Å². The van der Waals surface area contributed by atoms with Crippen molar-refractivity contribution in [2.75, 3.05) is 0 Å². The van der Waals surface area contributed by atoms with Crippen LogP contribution in [0.15, 0.2) is 23.4 Å². The Balaban J connectivity index is 3.18. The summed E-state index contributed by atoms with van der Waals surface area (Å²) in [6.45, 7) is 0. The van der Waals surface area contributed by atoms with Gasteiger partial charge in [-0.1, -0.05) is 0 Å². The molecule has 0 spiro atoms. The molecule has 0 radical (unpaired) electrons. The van der Waals surface area contributed by atoms with E-state index in [1.165, 1.54) is 12.1 Å². The van der Waals surface area contributed by atoms with E-state index in [9.17, 15) is 9.30 Å². The zero-order chi connectivity index (χ0) is 7.56. The van der Waals surface area contributed by atoms with Crippen molar-refractivity contribution in [3.05, 3.63) is 32.5 Å². The van der Waals surface area contributed by atoms with Crippen molar-refractivity contribution in [3.63, 3.8) is 0 Å². The van der Waals surface area contributed by atoms with E-state index in [1.54, 1.807) is 0 Å². The fourth-order valence-corrected chi connectivity index (χ4v) is 1.21. The summed E-state index contributed by atoms with van der Waals surface area (Å²) in [6, 6.07) is 3.93. The molecule has 1 aromatic rings. The Morgan fingerprint density at radius 1 is 1.40 bits per heavy atom. The molecule has 0 aliphatic carbocycles. The minimum Gasteiger partial charge on any atom is -0.207 e. The summed E-state index contributed by atoms with van der Waals surface area (Å²) in [4.78, 5) is 9.89. The molecular weight excluding hydrogens is 248 g/mol. The Bertz CT molecular complexity index is 244. The Labute approximate surface area is 70.6 Å². The second-order valence-electron chi connectivity index (χ2n) is 1.72. The lowest BCUT2D eigenvalue weighted by Crippen LogP contribution is -1.74. The van der Waals surface area contributed by atoms with Crippen LogP contribution in [0, 0.1) is 14.3 Å². The van der Waals surface area contributed by atoms with E-state index < -0.39 is 5.82 Å². The van der Waals surface area contributed by atoms with Crippen molar-refractivity contribution >= 4 is 28.3 Å². The van der Waals surface area contributed by atoms with Crippen LogP contribution in [0.3, 0.4) is 0 Å². The van der Waals surface area contributed by atoms with Gasteiger partial charge in [-0.05, 0) is 39.9 Å². The number of hydrogen-bond acceptors (Lipinski definition) is 2. The first-order valence-corrected chi connectivity index (χ1v) is 3.59. The van der Waals surface area contributed by atoms with Gasteiger partial charge in [0.15, 0.2) is 0 Å². The Kier molecular flexibility index (Phi) is 2.31. The molecule has 4 heteroatoms. The minimum atomic E-state index is -0.429. The fourth-order valence-electron chi connectivity index (χ4n) is 0.592. The van der Waals surface area contributed by atoms with Gasteiger partial charge < -0.3 is 0 Å². The maximum Gasteiger partial charge on any atom is 0.126 e. The van der Waals surface area contributed by atoms with Crippen LogP contribution in [-0.2, 0) is 0 Å². The lowest BCUT2D eigenvalue weighted by Gasteiger charge is -1.90. The van der Waals surface area contributed by atoms with Gasteiger partial charge in [-0.25, -0.2) is 4.39 Å². The zero-order valence-corrected chi connectivity index (χ0v) is 7.00. The molecule has 0 atom stereocenters. The lowest BCUT2D eigenvalue weighted by atomic mass is 10.3. The fraction of sp³-hybridized carbons (Fsp3) is 0. The summed E-state index contributed by atoms with van der Waals surface area (Å²) >= 11 is 1.92. The molecular formula is C6H3FINO. The van der Waals surface area contributed by atoms with Crippen molar-refractivity contribution < 1.29 is 4.39 Å². The lowest BCUT2D eigenvalue weighted by molar-refractivity contribution is 0.627. The van der Waals surface area contributed by atoms with Crippen LogP contribution in [-0.4, -0.2) is 0 Å². The van der Waals surface area contributed by atoms with Crippen molar-refractivity contribution in [2.24, 2.45) is 5.18 Å². The highest BCUT2D eigenvalue weighted by Gasteiger charge is 1.96. The van der Waals surface area contributed by atoms with Crippen LogP contribution < -0.4 is 0 Å². The van der Waals surface area contributed by atoms with Gasteiger partial charge in [0, 0.05) is 9.64 Å². The third kappa shape index (κ3) is 1.73. The molecule has 0 bridgehead atoms. The Hall–Kier alpha value is -0.520. The monoisotopic (exact) mass is 251 g/mol. The first-order valence-electron chi connectivity index (χ1n) is 2.52. The maximum atomic E-state index is 12.4. The van der Waals surface area contributed by atoms with Crippen LogP contribution in [0.1, 0.15) is 0 Å². The van der Waals surface area contributed by atoms with E-state index in [4.69, 9.17) is 0 Å². The maximum absolute atomic E-state index is 12.4. The quantitative estimate of drug-likeness (QED) is 0.557. The molecule has 1 rings (SSSR count). The predicted molar refractivity (Wildman–Crippen MR) is 44.6 cm³/mol. The minimum absolute atomic E-state index is 0.129. The molecule has 0 amide bonds. The molecule has 0 saturated heterocycles. The highest BCUT2D eigenvalue weighted by atomic mass is 127. The predicted octanol–water partition coefficient (Wildman–Crippen LogP) is 2.83. The highest BCUT2D eigenvalue weighted by Crippen LogP contribution is 2.17. The summed E-state index contributed by atoms with van der Waals surface area (Å²) < 4.78 is 13.1. The number of hydrogen-bond donors (Lipinski definition) is 0. The molecule has 0 aliphatic heterocycles. The first-order chi connectivity index (χ1) is 4.72. The first kappa shape index (κ1) is 7.59. The van der Waals surface area contributed by atoms with E-state index in [0.29, 0.717) is 3.57 Å². The summed E-state index contributed by atoms with van der Waals surface area (Å²) in [5.41, 5.74) is 0.129. The van der Waals surface area contributed by atoms with Crippen LogP contribution >= 0.6 is 22.6 Å². The number of nitrogens with zero attached hydrogens (tertiary/aromatic N) is 1. The summed E-state index contributed by atoms with van der Waals surface area (Å²) in [5, 5.41) is 2.60. The van der Waals surface area contributed by atoms with Crippen molar-refractivity contribution in [2.45, 2.75) is 0 Å². The van der Waals surface area contributed by atoms with Crippen LogP contribution in [0.25, 0.3) is 0 Å². The van der Waals surface area contributed by atoms with E-state index in [2.05, 4.69) is 5.18 Å². The molecule has 0 N–H and O–H groups in total. The number of halogens is 2. The van der Waals surface area contributed by atoms with Gasteiger partial charge in [0.25, 0.3) is 0 Å². The number of rotatable bonds is 1. The SMILES string of the molecule is O=Nc1cc(F)cc(I)c1. The van der Waals surface area contributed by atoms with Crippen molar-refractivity contribution in [1.82, 2.24) is 0 Å². The molecule has 0 heterocycles. The summed E-state index contributed by atoms with van der Waals surface area (Å²) in [6.07, 6.45) is 0. The molecule has 52 valence electrons. The molecule has 2 nitrogen and oxygen atoms in total. The zero-order valence-electron chi connectivity index (χ0n) is 4.84. The van der Waals surface area contributed by atoms with E-state index in [0.717, 1.165) is 6.07 Å². The van der Waals surface area contributed by atoms with Gasteiger partial charge in [0.05, 0.1) is 0 Å². The van der Waals surface area contributed by atoms with Gasteiger partial charge in [0.2, 0.25) is 0 Å². The molecule has 0 unspecified atom stereocenters. The van der Waals surface area contributed by atoms with Gasteiger partial charge in [-0.2, -0.15) is 0 Å². The smallest absolute Gasteiger partial charge is 0.126 e.